The number of primary amides is 1. The van der Waals surface area contributed by atoms with Crippen molar-refractivity contribution in [3.63, 3.8) is 0 Å². The summed E-state index contributed by atoms with van der Waals surface area (Å²) in [5.74, 6) is -1.39. The minimum Gasteiger partial charge on any atom is -0.444 e. The zero-order valence-electron chi connectivity index (χ0n) is 22.2. The average Bonchev–Trinajstić information content (AvgIpc) is 2.73. The second-order valence-electron chi connectivity index (χ2n) is 9.74. The zero-order chi connectivity index (χ0) is 26.8. The van der Waals surface area contributed by atoms with E-state index >= 15 is 0 Å². The van der Waals surface area contributed by atoms with Crippen molar-refractivity contribution in [2.45, 2.75) is 91.8 Å². The van der Waals surface area contributed by atoms with E-state index in [2.05, 4.69) is 10.6 Å². The van der Waals surface area contributed by atoms with E-state index < -0.39 is 35.6 Å². The van der Waals surface area contributed by atoms with E-state index in [1.54, 1.807) is 27.7 Å². The van der Waals surface area contributed by atoms with Gasteiger partial charge in [0.1, 0.15) is 17.7 Å². The number of ether oxygens (including phenoxy) is 1. The molecule has 196 valence electrons. The summed E-state index contributed by atoms with van der Waals surface area (Å²) in [7, 11) is 0. The number of nitrogens with two attached hydrogens (primary N) is 1. The maximum atomic E-state index is 13.7. The Kier molecular flexibility index (Phi) is 11.7. The van der Waals surface area contributed by atoms with E-state index in [0.29, 0.717) is 12.1 Å². The summed E-state index contributed by atoms with van der Waals surface area (Å²) in [6, 6.07) is 3.72. The molecule has 0 aliphatic carbocycles. The SMILES string of the molecule is CCCCNC(=O)C(c1ccc(C)cc1C)N(CC)C(=O)C(CCC(N)=O)NC(=O)OC(C)(C)C. The van der Waals surface area contributed by atoms with Gasteiger partial charge in [-0.15, -0.1) is 0 Å². The summed E-state index contributed by atoms with van der Waals surface area (Å²) in [6.07, 6.45) is 0.820. The van der Waals surface area contributed by atoms with Crippen molar-refractivity contribution < 1.29 is 23.9 Å². The van der Waals surface area contributed by atoms with Crippen LogP contribution in [0.25, 0.3) is 0 Å². The molecule has 1 aromatic rings. The number of carbonyl (C=O) groups excluding carboxylic acids is 4. The van der Waals surface area contributed by atoms with Crippen LogP contribution in [0.1, 0.15) is 83.0 Å². The van der Waals surface area contributed by atoms with Gasteiger partial charge in [-0.1, -0.05) is 37.1 Å². The Bertz CT molecular complexity index is 894. The molecule has 0 aliphatic rings. The standard InChI is InChI=1S/C26H42N4O5/c1-8-10-15-28-23(32)22(19-12-11-17(3)16-18(19)4)30(9-2)24(33)20(13-14-21(27)31)29-25(34)35-26(5,6)7/h11-12,16,20,22H,8-10,13-15H2,1-7H3,(H2,27,31)(H,28,32)(H,29,34). The number of aryl methyl sites for hydroxylation is 2. The fourth-order valence-electron chi connectivity index (χ4n) is 3.73. The topological polar surface area (TPSA) is 131 Å². The molecule has 9 nitrogen and oxygen atoms in total. The molecule has 0 heterocycles. The molecular weight excluding hydrogens is 448 g/mol. The van der Waals surface area contributed by atoms with Crippen molar-refractivity contribution in [1.82, 2.24) is 15.5 Å². The Balaban J connectivity index is 3.38. The number of nitrogens with zero attached hydrogens (tertiary/aromatic N) is 1. The summed E-state index contributed by atoms with van der Waals surface area (Å²) < 4.78 is 5.31. The number of amides is 4. The summed E-state index contributed by atoms with van der Waals surface area (Å²) in [5, 5.41) is 5.51. The van der Waals surface area contributed by atoms with Crippen LogP contribution >= 0.6 is 0 Å². The van der Waals surface area contributed by atoms with E-state index in [0.717, 1.165) is 24.0 Å². The van der Waals surface area contributed by atoms with Crippen LogP contribution in [-0.2, 0) is 19.1 Å². The highest BCUT2D eigenvalue weighted by atomic mass is 16.6. The number of hydrogen-bond acceptors (Lipinski definition) is 5. The molecule has 0 aliphatic heterocycles. The van der Waals surface area contributed by atoms with Crippen molar-refractivity contribution in [1.29, 1.82) is 0 Å². The van der Waals surface area contributed by atoms with Crippen molar-refractivity contribution >= 4 is 23.8 Å². The van der Waals surface area contributed by atoms with Crippen LogP contribution in [0.3, 0.4) is 0 Å². The van der Waals surface area contributed by atoms with Crippen molar-refractivity contribution in [3.8, 4) is 0 Å². The lowest BCUT2D eigenvalue weighted by atomic mass is 9.96. The quantitative estimate of drug-likeness (QED) is 0.387. The normalized spacial score (nSPS) is 12.9. The second-order valence-corrected chi connectivity index (χ2v) is 9.74. The Morgan fingerprint density at radius 3 is 2.29 bits per heavy atom. The van der Waals surface area contributed by atoms with Gasteiger partial charge in [-0.2, -0.15) is 0 Å². The lowest BCUT2D eigenvalue weighted by Crippen LogP contribution is -2.53. The molecule has 35 heavy (non-hydrogen) atoms. The second kappa shape index (κ2) is 13.7. The van der Waals surface area contributed by atoms with Gasteiger partial charge in [0.05, 0.1) is 0 Å². The van der Waals surface area contributed by atoms with Gasteiger partial charge >= 0.3 is 6.09 Å². The maximum absolute atomic E-state index is 13.7. The van der Waals surface area contributed by atoms with Gasteiger partial charge in [-0.3, -0.25) is 14.4 Å². The first kappa shape index (κ1) is 29.9. The van der Waals surface area contributed by atoms with Crippen LogP contribution in [0.4, 0.5) is 4.79 Å². The van der Waals surface area contributed by atoms with Crippen molar-refractivity contribution in [2.24, 2.45) is 5.73 Å². The molecule has 0 spiro atoms. The number of hydrogen-bond donors (Lipinski definition) is 3. The van der Waals surface area contributed by atoms with Crippen LogP contribution in [0.2, 0.25) is 0 Å². The first-order valence-electron chi connectivity index (χ1n) is 12.2. The molecule has 0 saturated heterocycles. The number of carbonyl (C=O) groups is 4. The predicted octanol–water partition coefficient (Wildman–Crippen LogP) is 3.27. The number of rotatable bonds is 12. The van der Waals surface area contributed by atoms with Crippen molar-refractivity contribution in [2.75, 3.05) is 13.1 Å². The minimum atomic E-state index is -1.09. The van der Waals surface area contributed by atoms with E-state index in [-0.39, 0.29) is 25.3 Å². The average molecular weight is 491 g/mol. The minimum absolute atomic E-state index is 0.0129. The van der Waals surface area contributed by atoms with Gasteiger partial charge in [-0.25, -0.2) is 4.79 Å². The summed E-state index contributed by atoms with van der Waals surface area (Å²) >= 11 is 0. The molecule has 0 bridgehead atoms. The largest absolute Gasteiger partial charge is 0.444 e. The molecule has 0 saturated carbocycles. The van der Waals surface area contributed by atoms with Crippen LogP contribution < -0.4 is 16.4 Å². The molecule has 1 aromatic carbocycles. The van der Waals surface area contributed by atoms with Gasteiger partial charge in [0.2, 0.25) is 17.7 Å². The third kappa shape index (κ3) is 9.96. The Morgan fingerprint density at radius 1 is 1.11 bits per heavy atom. The Labute approximate surface area is 209 Å². The molecule has 1 rings (SSSR count). The summed E-state index contributed by atoms with van der Waals surface area (Å²) in [6.45, 7) is 13.5. The maximum Gasteiger partial charge on any atom is 0.408 e. The van der Waals surface area contributed by atoms with Crippen molar-refractivity contribution in [3.05, 3.63) is 34.9 Å². The highest BCUT2D eigenvalue weighted by Crippen LogP contribution is 2.26. The highest BCUT2D eigenvalue weighted by Gasteiger charge is 2.36. The third-order valence-corrected chi connectivity index (χ3v) is 5.40. The third-order valence-electron chi connectivity index (χ3n) is 5.40. The van der Waals surface area contributed by atoms with Gasteiger partial charge in [0, 0.05) is 19.5 Å². The molecule has 0 aromatic heterocycles. The van der Waals surface area contributed by atoms with Gasteiger partial charge in [0.15, 0.2) is 0 Å². The number of likely N-dealkylation sites (N-methyl/N-ethyl adjacent to an activating group) is 1. The summed E-state index contributed by atoms with van der Waals surface area (Å²) in [5.41, 5.74) is 7.15. The molecule has 4 N–H and O–H groups in total. The number of unbranched alkanes of at least 4 members (excludes halogenated alkanes) is 1. The number of benzene rings is 1. The molecule has 2 atom stereocenters. The first-order chi connectivity index (χ1) is 16.3. The molecule has 9 heteroatoms. The smallest absolute Gasteiger partial charge is 0.408 e. The lowest BCUT2D eigenvalue weighted by molar-refractivity contribution is -0.142. The van der Waals surface area contributed by atoms with Gasteiger partial charge in [0.25, 0.3) is 0 Å². The monoisotopic (exact) mass is 490 g/mol. The Morgan fingerprint density at radius 2 is 1.77 bits per heavy atom. The van der Waals surface area contributed by atoms with E-state index in [1.165, 1.54) is 4.90 Å². The zero-order valence-corrected chi connectivity index (χ0v) is 22.2. The molecule has 2 unspecified atom stereocenters. The molecule has 0 radical (unpaired) electrons. The van der Waals surface area contributed by atoms with Crippen LogP contribution in [0.5, 0.6) is 0 Å². The van der Waals surface area contributed by atoms with Crippen LogP contribution in [-0.4, -0.2) is 53.4 Å². The molecule has 0 fully saturated rings. The van der Waals surface area contributed by atoms with Crippen LogP contribution in [0.15, 0.2) is 18.2 Å². The van der Waals surface area contributed by atoms with E-state index in [9.17, 15) is 19.2 Å². The van der Waals surface area contributed by atoms with E-state index in [1.807, 2.05) is 39.0 Å². The Hall–Kier alpha value is -3.10. The highest BCUT2D eigenvalue weighted by molar-refractivity contribution is 5.92. The fraction of sp³-hybridized carbons (Fsp3) is 0.615. The first-order valence-corrected chi connectivity index (χ1v) is 12.2. The number of nitrogens with one attached hydrogen (secondary N) is 2. The number of alkyl carbamates (subject to hydrolysis) is 1. The lowest BCUT2D eigenvalue weighted by Gasteiger charge is -2.34. The molecular formula is C26H42N4O5. The van der Waals surface area contributed by atoms with E-state index in [4.69, 9.17) is 10.5 Å². The summed E-state index contributed by atoms with van der Waals surface area (Å²) in [4.78, 5) is 52.5. The van der Waals surface area contributed by atoms with Gasteiger partial charge in [-0.05, 0) is 65.5 Å². The van der Waals surface area contributed by atoms with Gasteiger partial charge < -0.3 is 26.0 Å². The van der Waals surface area contributed by atoms with Crippen LogP contribution in [0, 0.1) is 13.8 Å². The predicted molar refractivity (Wildman–Crippen MR) is 136 cm³/mol. The fourth-order valence-corrected chi connectivity index (χ4v) is 3.73. The molecule has 4 amide bonds.